The first kappa shape index (κ1) is 10.3. The van der Waals surface area contributed by atoms with Gasteiger partial charge < -0.3 is 5.11 Å². The van der Waals surface area contributed by atoms with Crippen LogP contribution >= 0.6 is 0 Å². The molecule has 1 aromatic rings. The van der Waals surface area contributed by atoms with E-state index >= 15 is 0 Å². The van der Waals surface area contributed by atoms with Crippen LogP contribution in [-0.2, 0) is 4.79 Å². The van der Waals surface area contributed by atoms with Gasteiger partial charge in [-0.05, 0) is 11.1 Å². The molecule has 1 rings (SSSR count). The molecule has 0 bridgehead atoms. The Morgan fingerprint density at radius 3 is 2.57 bits per heavy atom. The van der Waals surface area contributed by atoms with E-state index in [-0.39, 0.29) is 6.42 Å². The standard InChI is InChI=1S/C12H12O2/c1-10(9-12(13)14)7-8-11-5-3-2-4-6-11/h2-8H,1,9H2,(H,13,14)/b8-7+. The molecule has 1 aromatic carbocycles. The highest BCUT2D eigenvalue weighted by atomic mass is 16.4. The lowest BCUT2D eigenvalue weighted by Gasteiger charge is -1.94. The maximum atomic E-state index is 10.3. The number of allylic oxidation sites excluding steroid dienone is 1. The molecule has 72 valence electrons. The summed E-state index contributed by atoms with van der Waals surface area (Å²) >= 11 is 0. The first-order chi connectivity index (χ1) is 6.68. The molecule has 0 aliphatic carbocycles. The average molecular weight is 188 g/mol. The van der Waals surface area contributed by atoms with E-state index in [2.05, 4.69) is 6.58 Å². The first-order valence-corrected chi connectivity index (χ1v) is 4.31. The summed E-state index contributed by atoms with van der Waals surface area (Å²) in [4.78, 5) is 10.3. The van der Waals surface area contributed by atoms with Gasteiger partial charge in [-0.25, -0.2) is 0 Å². The molecule has 0 radical (unpaired) electrons. The molecule has 0 unspecified atom stereocenters. The molecule has 0 amide bonds. The van der Waals surface area contributed by atoms with Crippen LogP contribution in [0.1, 0.15) is 12.0 Å². The van der Waals surface area contributed by atoms with Crippen molar-refractivity contribution in [3.63, 3.8) is 0 Å². The molecule has 2 heteroatoms. The molecule has 0 spiro atoms. The molecular formula is C12H12O2. The number of benzene rings is 1. The van der Waals surface area contributed by atoms with E-state index < -0.39 is 5.97 Å². The van der Waals surface area contributed by atoms with E-state index in [0.29, 0.717) is 5.57 Å². The first-order valence-electron chi connectivity index (χ1n) is 4.31. The predicted molar refractivity (Wildman–Crippen MR) is 56.9 cm³/mol. The summed E-state index contributed by atoms with van der Waals surface area (Å²) in [6.45, 7) is 3.64. The highest BCUT2D eigenvalue weighted by Gasteiger charge is 1.96. The van der Waals surface area contributed by atoms with Gasteiger partial charge in [-0.1, -0.05) is 49.1 Å². The van der Waals surface area contributed by atoms with E-state index in [0.717, 1.165) is 5.56 Å². The van der Waals surface area contributed by atoms with E-state index in [9.17, 15) is 4.79 Å². The third-order valence-electron chi connectivity index (χ3n) is 1.69. The molecule has 0 aliphatic rings. The minimum Gasteiger partial charge on any atom is -0.481 e. The van der Waals surface area contributed by atoms with Crippen molar-refractivity contribution in [1.82, 2.24) is 0 Å². The number of carbonyl (C=O) groups is 1. The summed E-state index contributed by atoms with van der Waals surface area (Å²) in [6.07, 6.45) is 3.57. The van der Waals surface area contributed by atoms with E-state index in [1.165, 1.54) is 0 Å². The van der Waals surface area contributed by atoms with Gasteiger partial charge in [-0.15, -0.1) is 0 Å². The zero-order valence-corrected chi connectivity index (χ0v) is 7.81. The third-order valence-corrected chi connectivity index (χ3v) is 1.69. The Balaban J connectivity index is 2.56. The van der Waals surface area contributed by atoms with Gasteiger partial charge in [0.05, 0.1) is 6.42 Å². The van der Waals surface area contributed by atoms with E-state index in [1.54, 1.807) is 6.08 Å². The summed E-state index contributed by atoms with van der Waals surface area (Å²) in [7, 11) is 0. The molecule has 14 heavy (non-hydrogen) atoms. The highest BCUT2D eigenvalue weighted by Crippen LogP contribution is 2.06. The van der Waals surface area contributed by atoms with Crippen LogP contribution in [0.15, 0.2) is 48.6 Å². The summed E-state index contributed by atoms with van der Waals surface area (Å²) in [5.74, 6) is -0.854. The van der Waals surface area contributed by atoms with Crippen molar-refractivity contribution in [2.75, 3.05) is 0 Å². The number of rotatable bonds is 4. The van der Waals surface area contributed by atoms with Crippen LogP contribution in [0.4, 0.5) is 0 Å². The van der Waals surface area contributed by atoms with Gasteiger partial charge in [0.25, 0.3) is 0 Å². The lowest BCUT2D eigenvalue weighted by molar-refractivity contribution is -0.136. The highest BCUT2D eigenvalue weighted by molar-refractivity contribution is 5.71. The zero-order chi connectivity index (χ0) is 10.4. The van der Waals surface area contributed by atoms with Gasteiger partial charge in [0, 0.05) is 0 Å². The Bertz CT molecular complexity index is 350. The minimum atomic E-state index is -0.854. The van der Waals surface area contributed by atoms with E-state index in [1.807, 2.05) is 36.4 Å². The molecule has 0 saturated carbocycles. The van der Waals surface area contributed by atoms with Crippen LogP contribution in [0.3, 0.4) is 0 Å². The Morgan fingerprint density at radius 2 is 2.00 bits per heavy atom. The molecule has 0 atom stereocenters. The van der Waals surface area contributed by atoms with Crippen LogP contribution < -0.4 is 0 Å². The minimum absolute atomic E-state index is 0.0106. The second-order valence-corrected chi connectivity index (χ2v) is 2.97. The maximum Gasteiger partial charge on any atom is 0.307 e. The second-order valence-electron chi connectivity index (χ2n) is 2.97. The fraction of sp³-hybridized carbons (Fsp3) is 0.0833. The predicted octanol–water partition coefficient (Wildman–Crippen LogP) is 2.73. The zero-order valence-electron chi connectivity index (χ0n) is 7.81. The van der Waals surface area contributed by atoms with Crippen LogP contribution in [-0.4, -0.2) is 11.1 Å². The molecule has 0 aliphatic heterocycles. The largest absolute Gasteiger partial charge is 0.481 e. The summed E-state index contributed by atoms with van der Waals surface area (Å²) in [5.41, 5.74) is 1.64. The third kappa shape index (κ3) is 3.72. The monoisotopic (exact) mass is 188 g/mol. The van der Waals surface area contributed by atoms with Crippen molar-refractivity contribution < 1.29 is 9.90 Å². The Kier molecular flexibility index (Phi) is 3.68. The molecule has 1 N–H and O–H groups in total. The van der Waals surface area contributed by atoms with Gasteiger partial charge in [0.1, 0.15) is 0 Å². The SMILES string of the molecule is C=C(/C=C/c1ccccc1)CC(=O)O. The molecular weight excluding hydrogens is 176 g/mol. The molecule has 0 saturated heterocycles. The molecule has 0 fully saturated rings. The summed E-state index contributed by atoms with van der Waals surface area (Å²) in [6, 6.07) is 9.69. The second kappa shape index (κ2) is 5.02. The topological polar surface area (TPSA) is 37.3 Å². The molecule has 0 aromatic heterocycles. The molecule has 2 nitrogen and oxygen atoms in total. The maximum absolute atomic E-state index is 10.3. The summed E-state index contributed by atoms with van der Waals surface area (Å²) < 4.78 is 0. The smallest absolute Gasteiger partial charge is 0.307 e. The van der Waals surface area contributed by atoms with Gasteiger partial charge in [-0.3, -0.25) is 4.79 Å². The van der Waals surface area contributed by atoms with Crippen molar-refractivity contribution in [2.24, 2.45) is 0 Å². The molecule has 0 heterocycles. The number of aliphatic carboxylic acids is 1. The number of hydrogen-bond acceptors (Lipinski definition) is 1. The van der Waals surface area contributed by atoms with Crippen LogP contribution in [0.2, 0.25) is 0 Å². The van der Waals surface area contributed by atoms with Crippen molar-refractivity contribution in [3.8, 4) is 0 Å². The lowest BCUT2D eigenvalue weighted by Crippen LogP contribution is -1.94. The van der Waals surface area contributed by atoms with Crippen LogP contribution in [0.5, 0.6) is 0 Å². The lowest BCUT2D eigenvalue weighted by atomic mass is 10.1. The number of carboxylic acid groups (broad SMARTS) is 1. The fourth-order valence-corrected chi connectivity index (χ4v) is 1.03. The fourth-order valence-electron chi connectivity index (χ4n) is 1.03. The Morgan fingerprint density at radius 1 is 1.36 bits per heavy atom. The van der Waals surface area contributed by atoms with Crippen molar-refractivity contribution >= 4 is 12.0 Å². The van der Waals surface area contributed by atoms with Gasteiger partial charge in [0.15, 0.2) is 0 Å². The number of hydrogen-bond donors (Lipinski definition) is 1. The van der Waals surface area contributed by atoms with E-state index in [4.69, 9.17) is 5.11 Å². The van der Waals surface area contributed by atoms with Crippen molar-refractivity contribution in [2.45, 2.75) is 6.42 Å². The quantitative estimate of drug-likeness (QED) is 0.737. The van der Waals surface area contributed by atoms with Gasteiger partial charge in [-0.2, -0.15) is 0 Å². The van der Waals surface area contributed by atoms with Crippen molar-refractivity contribution in [3.05, 3.63) is 54.1 Å². The summed E-state index contributed by atoms with van der Waals surface area (Å²) in [5, 5.41) is 8.49. The van der Waals surface area contributed by atoms with Crippen LogP contribution in [0.25, 0.3) is 6.08 Å². The van der Waals surface area contributed by atoms with Crippen LogP contribution in [0, 0.1) is 0 Å². The van der Waals surface area contributed by atoms with Gasteiger partial charge in [0.2, 0.25) is 0 Å². The average Bonchev–Trinajstić information content (AvgIpc) is 2.15. The Hall–Kier alpha value is -1.83. The Labute approximate surface area is 83.2 Å². The van der Waals surface area contributed by atoms with Gasteiger partial charge >= 0.3 is 5.97 Å². The van der Waals surface area contributed by atoms with Crippen molar-refractivity contribution in [1.29, 1.82) is 0 Å². The normalized spacial score (nSPS) is 10.3. The number of carboxylic acids is 1.